The lowest BCUT2D eigenvalue weighted by Crippen LogP contribution is -2.29. The van der Waals surface area contributed by atoms with E-state index < -0.39 is 10.0 Å². The highest BCUT2D eigenvalue weighted by molar-refractivity contribution is 7.92. The number of hydrogen-bond donors (Lipinski definition) is 1. The molecule has 6 heteroatoms. The van der Waals surface area contributed by atoms with Gasteiger partial charge in [0.2, 0.25) is 0 Å². The van der Waals surface area contributed by atoms with E-state index in [0.717, 1.165) is 30.6 Å². The van der Waals surface area contributed by atoms with E-state index >= 15 is 0 Å². The summed E-state index contributed by atoms with van der Waals surface area (Å²) in [5.74, 6) is 0.502. The topological polar surface area (TPSA) is 62.3 Å². The normalized spacial score (nSPS) is 20.5. The van der Waals surface area contributed by atoms with Crippen molar-refractivity contribution >= 4 is 15.7 Å². The fraction of sp³-hybridized carbons (Fsp3) is 0.261. The molecule has 2 unspecified atom stereocenters. The Kier molecular flexibility index (Phi) is 4.60. The molecule has 1 aliphatic carbocycles. The second-order valence-corrected chi connectivity index (χ2v) is 9.58. The van der Waals surface area contributed by atoms with Crippen LogP contribution in [0.4, 0.5) is 5.69 Å². The van der Waals surface area contributed by atoms with Crippen LogP contribution in [0.25, 0.3) is 0 Å². The summed E-state index contributed by atoms with van der Waals surface area (Å²) in [6.07, 6.45) is 5.52. The van der Waals surface area contributed by atoms with Gasteiger partial charge in [0.05, 0.1) is 10.6 Å². The SMILES string of the molecule is O=S(=O)(c1ccccc1)N1CCc2cc(C3CC3NCc3ccncc3)ccc21. The van der Waals surface area contributed by atoms with Crippen molar-refractivity contribution in [1.29, 1.82) is 0 Å². The van der Waals surface area contributed by atoms with Gasteiger partial charge in [-0.25, -0.2) is 8.42 Å². The highest BCUT2D eigenvalue weighted by atomic mass is 32.2. The molecular formula is C23H23N3O2S. The number of nitrogens with zero attached hydrogens (tertiary/aromatic N) is 2. The molecule has 2 aliphatic rings. The summed E-state index contributed by atoms with van der Waals surface area (Å²) in [5, 5.41) is 3.61. The number of fused-ring (bicyclic) bond motifs is 1. The van der Waals surface area contributed by atoms with Crippen molar-refractivity contribution in [1.82, 2.24) is 10.3 Å². The van der Waals surface area contributed by atoms with Crippen LogP contribution in [0.5, 0.6) is 0 Å². The first kappa shape index (κ1) is 18.3. The molecule has 0 saturated heterocycles. The second-order valence-electron chi connectivity index (χ2n) is 7.71. The lowest BCUT2D eigenvalue weighted by atomic mass is 10.0. The van der Waals surface area contributed by atoms with Gasteiger partial charge in [-0.2, -0.15) is 0 Å². The first-order chi connectivity index (χ1) is 14.1. The van der Waals surface area contributed by atoms with Crippen molar-refractivity contribution in [3.8, 4) is 0 Å². The Morgan fingerprint density at radius 3 is 2.62 bits per heavy atom. The number of pyridine rings is 1. The van der Waals surface area contributed by atoms with E-state index in [1.807, 2.05) is 36.7 Å². The van der Waals surface area contributed by atoms with Crippen molar-refractivity contribution in [2.45, 2.75) is 36.2 Å². The van der Waals surface area contributed by atoms with Crippen LogP contribution >= 0.6 is 0 Å². The van der Waals surface area contributed by atoms with Crippen LogP contribution in [0.3, 0.4) is 0 Å². The van der Waals surface area contributed by atoms with Crippen LogP contribution in [0, 0.1) is 0 Å². The highest BCUT2D eigenvalue weighted by Crippen LogP contribution is 2.43. The number of anilines is 1. The predicted octanol–water partition coefficient (Wildman–Crippen LogP) is 3.48. The van der Waals surface area contributed by atoms with Crippen LogP contribution in [0.15, 0.2) is 78.0 Å². The first-order valence-electron chi connectivity index (χ1n) is 9.96. The summed E-state index contributed by atoms with van der Waals surface area (Å²) in [6, 6.07) is 19.5. The number of sulfonamides is 1. The summed E-state index contributed by atoms with van der Waals surface area (Å²) in [7, 11) is -3.50. The van der Waals surface area contributed by atoms with Gasteiger partial charge in [-0.05, 0) is 59.9 Å². The Balaban J connectivity index is 1.29. The Labute approximate surface area is 171 Å². The van der Waals surface area contributed by atoms with Crippen LogP contribution in [-0.4, -0.2) is 26.0 Å². The number of hydrogen-bond acceptors (Lipinski definition) is 4. The molecule has 0 bridgehead atoms. The van der Waals surface area contributed by atoms with Crippen molar-refractivity contribution in [3.63, 3.8) is 0 Å². The number of aromatic nitrogens is 1. The van der Waals surface area contributed by atoms with E-state index in [1.54, 1.807) is 28.6 Å². The lowest BCUT2D eigenvalue weighted by molar-refractivity contribution is 0.592. The molecule has 3 aromatic rings. The highest BCUT2D eigenvalue weighted by Gasteiger charge is 2.39. The average Bonchev–Trinajstić information content (AvgIpc) is 3.41. The van der Waals surface area contributed by atoms with Crippen molar-refractivity contribution in [2.75, 3.05) is 10.8 Å². The molecule has 29 heavy (non-hydrogen) atoms. The van der Waals surface area contributed by atoms with E-state index in [9.17, 15) is 8.42 Å². The lowest BCUT2D eigenvalue weighted by Gasteiger charge is -2.19. The van der Waals surface area contributed by atoms with Gasteiger partial charge in [-0.1, -0.05) is 30.3 Å². The zero-order chi connectivity index (χ0) is 19.8. The Bertz CT molecular complexity index is 1120. The molecule has 1 aliphatic heterocycles. The summed E-state index contributed by atoms with van der Waals surface area (Å²) in [4.78, 5) is 4.40. The van der Waals surface area contributed by atoms with Gasteiger partial charge in [-0.15, -0.1) is 0 Å². The third kappa shape index (κ3) is 3.54. The fourth-order valence-electron chi connectivity index (χ4n) is 4.13. The van der Waals surface area contributed by atoms with Gasteiger partial charge in [-0.3, -0.25) is 9.29 Å². The van der Waals surface area contributed by atoms with Crippen LogP contribution in [0.2, 0.25) is 0 Å². The number of benzene rings is 2. The van der Waals surface area contributed by atoms with Crippen LogP contribution < -0.4 is 9.62 Å². The molecule has 0 amide bonds. The molecule has 5 rings (SSSR count). The fourth-order valence-corrected chi connectivity index (χ4v) is 5.65. The van der Waals surface area contributed by atoms with Crippen LogP contribution in [-0.2, 0) is 23.0 Å². The summed E-state index contributed by atoms with van der Waals surface area (Å²) < 4.78 is 27.6. The molecule has 1 fully saturated rings. The zero-order valence-electron chi connectivity index (χ0n) is 16.0. The quantitative estimate of drug-likeness (QED) is 0.682. The summed E-state index contributed by atoms with van der Waals surface area (Å²) in [6.45, 7) is 1.35. The Morgan fingerprint density at radius 2 is 1.83 bits per heavy atom. The molecule has 2 heterocycles. The van der Waals surface area contributed by atoms with E-state index in [4.69, 9.17) is 0 Å². The standard InChI is InChI=1S/C23H23N3O2S/c27-29(28,20-4-2-1-3-5-20)26-13-10-19-14-18(6-7-23(19)26)21-15-22(21)25-16-17-8-11-24-12-9-17/h1-9,11-12,14,21-22,25H,10,13,15-16H2. The number of rotatable bonds is 6. The minimum Gasteiger partial charge on any atom is -0.309 e. The molecule has 2 aromatic carbocycles. The van der Waals surface area contributed by atoms with Gasteiger partial charge < -0.3 is 5.32 Å². The Hall–Kier alpha value is -2.70. The van der Waals surface area contributed by atoms with Crippen LogP contribution in [0.1, 0.15) is 29.0 Å². The maximum Gasteiger partial charge on any atom is 0.264 e. The summed E-state index contributed by atoms with van der Waals surface area (Å²) in [5.41, 5.74) is 4.48. The van der Waals surface area contributed by atoms with Crippen molar-refractivity contribution < 1.29 is 8.42 Å². The Morgan fingerprint density at radius 1 is 1.03 bits per heavy atom. The number of nitrogens with one attached hydrogen (secondary N) is 1. The third-order valence-electron chi connectivity index (χ3n) is 5.82. The van der Waals surface area contributed by atoms with Crippen molar-refractivity contribution in [2.24, 2.45) is 0 Å². The summed E-state index contributed by atoms with van der Waals surface area (Å²) >= 11 is 0. The monoisotopic (exact) mass is 405 g/mol. The molecular weight excluding hydrogens is 382 g/mol. The minimum absolute atomic E-state index is 0.347. The molecule has 5 nitrogen and oxygen atoms in total. The van der Waals surface area contributed by atoms with Crippen molar-refractivity contribution in [3.05, 3.63) is 89.7 Å². The smallest absolute Gasteiger partial charge is 0.264 e. The molecule has 1 saturated carbocycles. The van der Waals surface area contributed by atoms with Gasteiger partial charge in [0.25, 0.3) is 10.0 Å². The minimum atomic E-state index is -3.50. The second kappa shape index (κ2) is 7.28. The average molecular weight is 406 g/mol. The molecule has 1 N–H and O–H groups in total. The molecule has 148 valence electrons. The third-order valence-corrected chi connectivity index (χ3v) is 7.65. The van der Waals surface area contributed by atoms with E-state index in [0.29, 0.717) is 23.4 Å². The van der Waals surface area contributed by atoms with Gasteiger partial charge >= 0.3 is 0 Å². The van der Waals surface area contributed by atoms with Gasteiger partial charge in [0.1, 0.15) is 0 Å². The maximum absolute atomic E-state index is 13.0. The van der Waals surface area contributed by atoms with E-state index in [1.165, 1.54) is 11.1 Å². The maximum atomic E-state index is 13.0. The molecule has 2 atom stereocenters. The molecule has 1 aromatic heterocycles. The predicted molar refractivity (Wildman–Crippen MR) is 113 cm³/mol. The van der Waals surface area contributed by atoms with Gasteiger partial charge in [0, 0.05) is 37.4 Å². The zero-order valence-corrected chi connectivity index (χ0v) is 16.8. The first-order valence-corrected chi connectivity index (χ1v) is 11.4. The largest absolute Gasteiger partial charge is 0.309 e. The van der Waals surface area contributed by atoms with Gasteiger partial charge in [0.15, 0.2) is 0 Å². The van der Waals surface area contributed by atoms with E-state index in [2.05, 4.69) is 22.4 Å². The molecule has 0 spiro atoms. The van der Waals surface area contributed by atoms with E-state index in [-0.39, 0.29) is 0 Å². The molecule has 0 radical (unpaired) electrons.